The summed E-state index contributed by atoms with van der Waals surface area (Å²) >= 11 is 0. The monoisotopic (exact) mass is 368 g/mol. The van der Waals surface area contributed by atoms with E-state index in [-0.39, 0.29) is 37.8 Å². The molecule has 25 heavy (non-hydrogen) atoms. The summed E-state index contributed by atoms with van der Waals surface area (Å²) in [5.74, 6) is -2.65. The molecule has 0 unspecified atom stereocenters. The zero-order valence-electron chi connectivity index (χ0n) is 13.0. The largest absolute Gasteiger partial charge is 0.335 e. The molecule has 132 valence electrons. The average molecular weight is 368 g/mol. The Balaban J connectivity index is 1.75. The molecule has 1 amide bonds. The molecule has 1 aromatic carbocycles. The second-order valence-corrected chi connectivity index (χ2v) is 7.21. The molecule has 10 heteroatoms. The number of aromatic nitrogens is 2. The van der Waals surface area contributed by atoms with Gasteiger partial charge in [-0.2, -0.15) is 4.31 Å². The van der Waals surface area contributed by atoms with Gasteiger partial charge in [-0.3, -0.25) is 9.78 Å². The maximum Gasteiger partial charge on any atom is 0.274 e. The molecular formula is C15H14F2N4O3S. The lowest BCUT2D eigenvalue weighted by Crippen LogP contribution is -2.50. The van der Waals surface area contributed by atoms with Crippen molar-refractivity contribution in [2.75, 3.05) is 26.2 Å². The SMILES string of the molecule is O=C(c1cnccn1)N1CCN(S(=O)(=O)c2c(F)cccc2F)CC1. The predicted molar refractivity (Wildman–Crippen MR) is 83.1 cm³/mol. The molecule has 2 heterocycles. The fourth-order valence-electron chi connectivity index (χ4n) is 2.56. The molecule has 1 saturated heterocycles. The van der Waals surface area contributed by atoms with Crippen LogP contribution in [0.2, 0.25) is 0 Å². The molecular weight excluding hydrogens is 354 g/mol. The normalized spacial score (nSPS) is 16.0. The number of hydrogen-bond donors (Lipinski definition) is 0. The van der Waals surface area contributed by atoms with E-state index in [4.69, 9.17) is 0 Å². The summed E-state index contributed by atoms with van der Waals surface area (Å²) in [5, 5.41) is 0. The number of sulfonamides is 1. The number of rotatable bonds is 3. The molecule has 1 aliphatic rings. The molecule has 7 nitrogen and oxygen atoms in total. The van der Waals surface area contributed by atoms with Gasteiger partial charge in [0.1, 0.15) is 17.3 Å². The second kappa shape index (κ2) is 6.81. The number of amides is 1. The Hall–Kier alpha value is -2.46. The summed E-state index contributed by atoms with van der Waals surface area (Å²) in [6, 6.07) is 2.88. The number of benzene rings is 1. The van der Waals surface area contributed by atoms with Crippen molar-refractivity contribution in [2.24, 2.45) is 0 Å². The van der Waals surface area contributed by atoms with Gasteiger partial charge in [-0.05, 0) is 12.1 Å². The molecule has 1 fully saturated rings. The van der Waals surface area contributed by atoms with Crippen LogP contribution < -0.4 is 0 Å². The Morgan fingerprint density at radius 2 is 1.68 bits per heavy atom. The van der Waals surface area contributed by atoms with Gasteiger partial charge in [-0.15, -0.1) is 0 Å². The van der Waals surface area contributed by atoms with E-state index < -0.39 is 26.6 Å². The minimum absolute atomic E-state index is 0.0674. The van der Waals surface area contributed by atoms with Crippen LogP contribution in [0.1, 0.15) is 10.5 Å². The Morgan fingerprint density at radius 1 is 1.04 bits per heavy atom. The molecule has 0 aliphatic carbocycles. The predicted octanol–water partition coefficient (Wildman–Crippen LogP) is 0.902. The van der Waals surface area contributed by atoms with Gasteiger partial charge in [0.15, 0.2) is 4.90 Å². The van der Waals surface area contributed by atoms with E-state index in [2.05, 4.69) is 9.97 Å². The number of carbonyl (C=O) groups is 1. The van der Waals surface area contributed by atoms with Crippen molar-refractivity contribution in [1.29, 1.82) is 0 Å². The van der Waals surface area contributed by atoms with Gasteiger partial charge in [0, 0.05) is 38.6 Å². The number of hydrogen-bond acceptors (Lipinski definition) is 5. The third kappa shape index (κ3) is 3.35. The fraction of sp³-hybridized carbons (Fsp3) is 0.267. The molecule has 0 N–H and O–H groups in total. The fourth-order valence-corrected chi connectivity index (χ4v) is 4.09. The summed E-state index contributed by atoms with van der Waals surface area (Å²) in [5.41, 5.74) is 0.152. The van der Waals surface area contributed by atoms with Crippen LogP contribution in [-0.2, 0) is 10.0 Å². The van der Waals surface area contributed by atoms with Crippen LogP contribution in [-0.4, -0.2) is 59.7 Å². The van der Waals surface area contributed by atoms with Crippen molar-refractivity contribution in [3.05, 3.63) is 54.1 Å². The lowest BCUT2D eigenvalue weighted by molar-refractivity contribution is 0.0691. The molecule has 0 radical (unpaired) electrons. The summed E-state index contributed by atoms with van der Waals surface area (Å²) in [6.07, 6.45) is 4.14. The zero-order chi connectivity index (χ0) is 18.0. The van der Waals surface area contributed by atoms with Crippen molar-refractivity contribution in [2.45, 2.75) is 4.90 Å². The third-order valence-corrected chi connectivity index (χ3v) is 5.78. The Morgan fingerprint density at radius 3 is 2.24 bits per heavy atom. The van der Waals surface area contributed by atoms with Gasteiger partial charge in [0.25, 0.3) is 5.91 Å². The minimum Gasteiger partial charge on any atom is -0.335 e. The van der Waals surface area contributed by atoms with Crippen LogP contribution in [0.3, 0.4) is 0 Å². The number of halogens is 2. The van der Waals surface area contributed by atoms with E-state index in [0.717, 1.165) is 22.5 Å². The Labute approximate surface area is 143 Å². The average Bonchev–Trinajstić information content (AvgIpc) is 2.61. The topological polar surface area (TPSA) is 83.5 Å². The van der Waals surface area contributed by atoms with Crippen LogP contribution in [0.4, 0.5) is 8.78 Å². The van der Waals surface area contributed by atoms with E-state index in [1.807, 2.05) is 0 Å². The van der Waals surface area contributed by atoms with Gasteiger partial charge in [-0.1, -0.05) is 6.07 Å². The van der Waals surface area contributed by atoms with E-state index in [1.54, 1.807) is 0 Å². The summed E-state index contributed by atoms with van der Waals surface area (Å²) in [4.78, 5) is 20.4. The third-order valence-electron chi connectivity index (χ3n) is 3.82. The maximum absolute atomic E-state index is 13.8. The van der Waals surface area contributed by atoms with Crippen LogP contribution in [0.15, 0.2) is 41.7 Å². The zero-order valence-corrected chi connectivity index (χ0v) is 13.8. The van der Waals surface area contributed by atoms with E-state index >= 15 is 0 Å². The van der Waals surface area contributed by atoms with Crippen molar-refractivity contribution in [3.8, 4) is 0 Å². The summed E-state index contributed by atoms with van der Waals surface area (Å²) < 4.78 is 53.6. The van der Waals surface area contributed by atoms with Gasteiger partial charge >= 0.3 is 0 Å². The molecule has 1 aliphatic heterocycles. The molecule has 0 atom stereocenters. The van der Waals surface area contributed by atoms with Crippen molar-refractivity contribution in [1.82, 2.24) is 19.2 Å². The Bertz CT molecular complexity index is 865. The van der Waals surface area contributed by atoms with Crippen molar-refractivity contribution in [3.63, 3.8) is 0 Å². The Kier molecular flexibility index (Phi) is 4.73. The lowest BCUT2D eigenvalue weighted by atomic mass is 10.3. The number of carbonyl (C=O) groups excluding carboxylic acids is 1. The first kappa shape index (κ1) is 17.4. The molecule has 0 saturated carbocycles. The van der Waals surface area contributed by atoms with Gasteiger partial charge in [0.2, 0.25) is 10.0 Å². The van der Waals surface area contributed by atoms with Crippen molar-refractivity contribution < 1.29 is 22.0 Å². The van der Waals surface area contributed by atoms with E-state index in [9.17, 15) is 22.0 Å². The minimum atomic E-state index is -4.32. The van der Waals surface area contributed by atoms with Crippen LogP contribution in [0.25, 0.3) is 0 Å². The first-order valence-corrected chi connectivity index (χ1v) is 8.84. The first-order chi connectivity index (χ1) is 11.9. The molecule has 0 bridgehead atoms. The maximum atomic E-state index is 13.8. The highest BCUT2D eigenvalue weighted by atomic mass is 32.2. The smallest absolute Gasteiger partial charge is 0.274 e. The van der Waals surface area contributed by atoms with Crippen LogP contribution >= 0.6 is 0 Å². The van der Waals surface area contributed by atoms with Crippen LogP contribution in [0, 0.1) is 11.6 Å². The van der Waals surface area contributed by atoms with Gasteiger partial charge < -0.3 is 4.90 Å². The molecule has 1 aromatic heterocycles. The summed E-state index contributed by atoms with van der Waals surface area (Å²) in [6.45, 7) is 0.0413. The number of nitrogens with zero attached hydrogens (tertiary/aromatic N) is 4. The summed E-state index contributed by atoms with van der Waals surface area (Å²) in [7, 11) is -4.32. The lowest BCUT2D eigenvalue weighted by Gasteiger charge is -2.33. The van der Waals surface area contributed by atoms with E-state index in [0.29, 0.717) is 0 Å². The van der Waals surface area contributed by atoms with Crippen molar-refractivity contribution >= 4 is 15.9 Å². The quantitative estimate of drug-likeness (QED) is 0.804. The second-order valence-electron chi connectivity index (χ2n) is 5.34. The highest BCUT2D eigenvalue weighted by molar-refractivity contribution is 7.89. The van der Waals surface area contributed by atoms with Gasteiger partial charge in [0.05, 0.1) is 6.20 Å². The first-order valence-electron chi connectivity index (χ1n) is 7.40. The highest BCUT2D eigenvalue weighted by Gasteiger charge is 2.34. The highest BCUT2D eigenvalue weighted by Crippen LogP contribution is 2.23. The molecule has 0 spiro atoms. The molecule has 3 rings (SSSR count). The number of piperazine rings is 1. The van der Waals surface area contributed by atoms with Crippen LogP contribution in [0.5, 0.6) is 0 Å². The standard InChI is InChI=1S/C15H14F2N4O3S/c16-11-2-1-3-12(17)14(11)25(23,24)21-8-6-20(7-9-21)15(22)13-10-18-4-5-19-13/h1-5,10H,6-9H2. The van der Waals surface area contributed by atoms with Gasteiger partial charge in [-0.25, -0.2) is 22.2 Å². The van der Waals surface area contributed by atoms with E-state index in [1.165, 1.54) is 23.5 Å². The molecule has 2 aromatic rings.